The Morgan fingerprint density at radius 1 is 0.971 bits per heavy atom. The third kappa shape index (κ3) is 5.70. The largest absolute Gasteiger partial charge is 0.489 e. The zero-order chi connectivity index (χ0) is 24.0. The molecule has 2 aromatic rings. The van der Waals surface area contributed by atoms with E-state index in [1.165, 1.54) is 22.3 Å². The van der Waals surface area contributed by atoms with Crippen LogP contribution in [0.5, 0.6) is 11.5 Å². The van der Waals surface area contributed by atoms with Crippen molar-refractivity contribution in [3.8, 4) is 11.5 Å². The quantitative estimate of drug-likeness (QED) is 0.439. The fraction of sp³-hybridized carbons (Fsp3) is 0.517. The number of fused-ring (bicyclic) bond motifs is 1. The summed E-state index contributed by atoms with van der Waals surface area (Å²) >= 11 is 0. The van der Waals surface area contributed by atoms with Crippen LogP contribution in [0.4, 0.5) is 8.92 Å². The molecule has 0 N–H and O–H groups in total. The number of aryl methyl sites for hydroxylation is 1. The number of benzene rings is 2. The van der Waals surface area contributed by atoms with Gasteiger partial charge in [0.05, 0.1) is 6.67 Å². The Labute approximate surface area is 206 Å². The first kappa shape index (κ1) is 24.3. The van der Waals surface area contributed by atoms with Crippen LogP contribution in [0.2, 0.25) is 0 Å². The van der Waals surface area contributed by atoms with Gasteiger partial charge in [-0.2, -0.15) is 0 Å². The molecule has 2 saturated heterocycles. The molecule has 1 aliphatic carbocycles. The molecule has 6 heteroatoms. The number of alkyl halides is 1. The fourth-order valence-corrected chi connectivity index (χ4v) is 5.90. The second-order valence-corrected chi connectivity index (χ2v) is 9.93. The molecule has 0 unspecified atom stereocenters. The standard InChI is InChI=1S/C29H35F2NO3/c30-14-2-15-32-16-11-26(20-32)34-24-7-5-22(6-8-24)29-27(21-12-17-33-18-13-21)4-1-3-23-19-25(35-31)9-10-28(23)29/h5-10,19,21,26H,1-4,11-18,20H2/t26-/m0/s1. The van der Waals surface area contributed by atoms with Crippen molar-refractivity contribution in [2.75, 3.05) is 39.5 Å². The van der Waals surface area contributed by atoms with Crippen LogP contribution in [0.1, 0.15) is 55.2 Å². The average Bonchev–Trinajstić information content (AvgIpc) is 3.26. The minimum atomic E-state index is -0.263. The Morgan fingerprint density at radius 2 is 1.77 bits per heavy atom. The lowest BCUT2D eigenvalue weighted by atomic mass is 9.82. The first-order chi connectivity index (χ1) is 17.2. The van der Waals surface area contributed by atoms with Gasteiger partial charge in [0.15, 0.2) is 5.75 Å². The number of nitrogens with zero attached hydrogens (tertiary/aromatic N) is 1. The van der Waals surface area contributed by atoms with Crippen LogP contribution in [0.25, 0.3) is 5.57 Å². The minimum absolute atomic E-state index is 0.148. The zero-order valence-electron chi connectivity index (χ0n) is 20.3. The Bertz CT molecular complexity index is 1020. The lowest BCUT2D eigenvalue weighted by Gasteiger charge is -2.27. The van der Waals surface area contributed by atoms with E-state index in [1.54, 1.807) is 6.07 Å². The predicted octanol–water partition coefficient (Wildman–Crippen LogP) is 6.33. The molecule has 0 spiro atoms. The Hall–Kier alpha value is -2.44. The SMILES string of the molecule is FCCCN1CC[C@H](Oc2ccc(C3=C(C4CCOCC4)CCCc4cc(OF)ccc43)cc2)C1. The number of allylic oxidation sites excluding steroid dienone is 1. The van der Waals surface area contributed by atoms with Crippen LogP contribution in [-0.2, 0) is 11.2 Å². The lowest BCUT2D eigenvalue weighted by Crippen LogP contribution is -2.26. The van der Waals surface area contributed by atoms with Crippen LogP contribution in [0.3, 0.4) is 0 Å². The van der Waals surface area contributed by atoms with E-state index < -0.39 is 0 Å². The highest BCUT2D eigenvalue weighted by Gasteiger charge is 2.27. The summed E-state index contributed by atoms with van der Waals surface area (Å²) in [6.07, 6.45) is 6.78. The summed E-state index contributed by atoms with van der Waals surface area (Å²) < 4.78 is 37.3. The smallest absolute Gasteiger partial charge is 0.172 e. The monoisotopic (exact) mass is 483 g/mol. The maximum Gasteiger partial charge on any atom is 0.172 e. The van der Waals surface area contributed by atoms with Crippen molar-refractivity contribution in [2.45, 2.75) is 51.0 Å². The van der Waals surface area contributed by atoms with Crippen LogP contribution >= 0.6 is 0 Å². The number of hydrogen-bond donors (Lipinski definition) is 0. The van der Waals surface area contributed by atoms with E-state index in [9.17, 15) is 8.92 Å². The van der Waals surface area contributed by atoms with Crippen molar-refractivity contribution in [2.24, 2.45) is 5.92 Å². The molecule has 2 aliphatic heterocycles. The topological polar surface area (TPSA) is 30.9 Å². The van der Waals surface area contributed by atoms with Gasteiger partial charge in [-0.3, -0.25) is 14.2 Å². The molecule has 3 aliphatic rings. The molecule has 2 fully saturated rings. The Morgan fingerprint density at radius 3 is 2.54 bits per heavy atom. The molecule has 2 heterocycles. The number of rotatable bonds is 8. The van der Waals surface area contributed by atoms with E-state index >= 15 is 0 Å². The van der Waals surface area contributed by atoms with Crippen molar-refractivity contribution < 1.29 is 23.3 Å². The molecule has 1 atom stereocenters. The third-order valence-electron chi connectivity index (χ3n) is 7.65. The van der Waals surface area contributed by atoms with Gasteiger partial charge in [0, 0.05) is 37.4 Å². The van der Waals surface area contributed by atoms with E-state index in [4.69, 9.17) is 9.47 Å². The van der Waals surface area contributed by atoms with E-state index in [0.29, 0.717) is 12.3 Å². The van der Waals surface area contributed by atoms with Crippen molar-refractivity contribution in [3.05, 3.63) is 64.7 Å². The average molecular weight is 484 g/mol. The fourth-order valence-electron chi connectivity index (χ4n) is 5.90. The van der Waals surface area contributed by atoms with Gasteiger partial charge in [-0.1, -0.05) is 23.8 Å². The molecule has 0 aromatic heterocycles. The molecule has 5 rings (SSSR count). The van der Waals surface area contributed by atoms with E-state index in [0.717, 1.165) is 82.7 Å². The summed E-state index contributed by atoms with van der Waals surface area (Å²) in [5.41, 5.74) is 6.26. The normalized spacial score (nSPS) is 21.6. The molecule has 4 nitrogen and oxygen atoms in total. The first-order valence-corrected chi connectivity index (χ1v) is 13.0. The molecule has 188 valence electrons. The zero-order valence-corrected chi connectivity index (χ0v) is 20.3. The molecule has 0 amide bonds. The van der Waals surface area contributed by atoms with Crippen molar-refractivity contribution in [1.82, 2.24) is 4.90 Å². The molecule has 0 radical (unpaired) electrons. The summed E-state index contributed by atoms with van der Waals surface area (Å²) in [5, 5.41) is 0. The maximum absolute atomic E-state index is 12.9. The highest BCUT2D eigenvalue weighted by molar-refractivity contribution is 5.85. The molecule has 0 bridgehead atoms. The van der Waals surface area contributed by atoms with E-state index in [1.807, 2.05) is 12.1 Å². The molecule has 2 aromatic carbocycles. The van der Waals surface area contributed by atoms with Gasteiger partial charge in [-0.05, 0) is 97.4 Å². The van der Waals surface area contributed by atoms with Gasteiger partial charge in [-0.25, -0.2) is 0 Å². The van der Waals surface area contributed by atoms with Crippen LogP contribution in [0.15, 0.2) is 48.0 Å². The number of likely N-dealkylation sites (tertiary alicyclic amines) is 1. The summed E-state index contributed by atoms with van der Waals surface area (Å²) in [7, 11) is 0. The Kier molecular flexibility index (Phi) is 7.99. The third-order valence-corrected chi connectivity index (χ3v) is 7.65. The van der Waals surface area contributed by atoms with Gasteiger partial charge in [0.2, 0.25) is 0 Å². The van der Waals surface area contributed by atoms with Crippen LogP contribution < -0.4 is 9.68 Å². The number of hydrogen-bond acceptors (Lipinski definition) is 4. The number of halogens is 2. The summed E-state index contributed by atoms with van der Waals surface area (Å²) in [5.74, 6) is 1.64. The minimum Gasteiger partial charge on any atom is -0.489 e. The molecule has 35 heavy (non-hydrogen) atoms. The van der Waals surface area contributed by atoms with E-state index in [-0.39, 0.29) is 18.5 Å². The van der Waals surface area contributed by atoms with Gasteiger partial charge in [0.1, 0.15) is 11.9 Å². The molecular weight excluding hydrogens is 448 g/mol. The first-order valence-electron chi connectivity index (χ1n) is 13.0. The highest BCUT2D eigenvalue weighted by Crippen LogP contribution is 2.42. The Balaban J connectivity index is 1.42. The summed E-state index contributed by atoms with van der Waals surface area (Å²) in [4.78, 5) is 6.32. The molecular formula is C29H35F2NO3. The van der Waals surface area contributed by atoms with Crippen molar-refractivity contribution in [1.29, 1.82) is 0 Å². The van der Waals surface area contributed by atoms with Crippen molar-refractivity contribution >= 4 is 5.57 Å². The maximum atomic E-state index is 12.9. The van der Waals surface area contributed by atoms with Gasteiger partial charge in [0.25, 0.3) is 0 Å². The van der Waals surface area contributed by atoms with Crippen LogP contribution in [0, 0.1) is 5.92 Å². The predicted molar refractivity (Wildman–Crippen MR) is 133 cm³/mol. The van der Waals surface area contributed by atoms with Gasteiger partial charge < -0.3 is 9.47 Å². The number of ether oxygens (including phenoxy) is 2. The van der Waals surface area contributed by atoms with Gasteiger partial charge >= 0.3 is 0 Å². The highest BCUT2D eigenvalue weighted by atomic mass is 19.3. The van der Waals surface area contributed by atoms with Crippen LogP contribution in [-0.4, -0.2) is 50.5 Å². The summed E-state index contributed by atoms with van der Waals surface area (Å²) in [6.45, 7) is 3.96. The van der Waals surface area contributed by atoms with Crippen molar-refractivity contribution in [3.63, 3.8) is 0 Å². The second-order valence-electron chi connectivity index (χ2n) is 9.93. The second kappa shape index (κ2) is 11.5. The summed E-state index contributed by atoms with van der Waals surface area (Å²) in [6, 6.07) is 14.0. The molecule has 0 saturated carbocycles. The van der Waals surface area contributed by atoms with E-state index in [2.05, 4.69) is 34.1 Å². The van der Waals surface area contributed by atoms with Gasteiger partial charge in [-0.15, -0.1) is 0 Å². The lowest BCUT2D eigenvalue weighted by molar-refractivity contribution is -0.00629.